The number of hydrogen-bond acceptors (Lipinski definition) is 5. The van der Waals surface area contributed by atoms with Crippen LogP contribution in [0.15, 0.2) is 46.9 Å². The number of aryl methyl sites for hydroxylation is 2. The smallest absolute Gasteiger partial charge is 0.338 e. The topological polar surface area (TPSA) is 77.8 Å². The molecule has 1 heterocycles. The Bertz CT molecular complexity index is 1170. The molecule has 1 amide bonds. The number of fused-ring (bicyclic) bond motifs is 1. The van der Waals surface area contributed by atoms with Crippen LogP contribution in [-0.2, 0) is 9.53 Å². The van der Waals surface area contributed by atoms with Crippen LogP contribution in [-0.4, -0.2) is 25.1 Å². The molecule has 0 atom stereocenters. The quantitative estimate of drug-likeness (QED) is 0.231. The molecule has 1 aromatic heterocycles. The van der Waals surface area contributed by atoms with Gasteiger partial charge in [0.05, 0.1) is 18.8 Å². The highest BCUT2D eigenvalue weighted by molar-refractivity contribution is 6.05. The molecule has 0 fully saturated rings. The van der Waals surface area contributed by atoms with E-state index in [0.29, 0.717) is 30.2 Å². The van der Waals surface area contributed by atoms with E-state index < -0.39 is 0 Å². The number of amides is 1. The lowest BCUT2D eigenvalue weighted by Crippen LogP contribution is -2.10. The van der Waals surface area contributed by atoms with Crippen LogP contribution in [0.3, 0.4) is 0 Å². The van der Waals surface area contributed by atoms with Gasteiger partial charge in [0.1, 0.15) is 17.1 Å². The number of furan rings is 1. The summed E-state index contributed by atoms with van der Waals surface area (Å²) < 4.78 is 16.8. The van der Waals surface area contributed by atoms with E-state index in [2.05, 4.69) is 5.32 Å². The molecule has 0 unspecified atom stereocenters. The summed E-state index contributed by atoms with van der Waals surface area (Å²) in [5.41, 5.74) is 4.50. The SMILES string of the molecule is CCCCOC(=O)c1ccc(NC(=O)/C=C(\C)c2cc3c(C)c(C)oc3cc2OCC)cc1. The highest BCUT2D eigenvalue weighted by Crippen LogP contribution is 2.35. The van der Waals surface area contributed by atoms with Crippen LogP contribution in [0, 0.1) is 13.8 Å². The van der Waals surface area contributed by atoms with Gasteiger partial charge in [-0.05, 0) is 75.6 Å². The molecule has 0 saturated carbocycles. The van der Waals surface area contributed by atoms with E-state index in [9.17, 15) is 9.59 Å². The molecule has 0 aliphatic rings. The number of ether oxygens (including phenoxy) is 2. The van der Waals surface area contributed by atoms with Crippen molar-refractivity contribution in [3.8, 4) is 5.75 Å². The summed E-state index contributed by atoms with van der Waals surface area (Å²) >= 11 is 0. The standard InChI is InChI=1S/C27H31NO5/c1-6-8-13-32-27(30)20-9-11-21(12-10-20)28-26(29)14-17(3)22-15-23-18(4)19(5)33-25(23)16-24(22)31-7-2/h9-12,14-16H,6-8,13H2,1-5H3,(H,28,29)/b17-14+. The predicted molar refractivity (Wildman–Crippen MR) is 131 cm³/mol. The Morgan fingerprint density at radius 2 is 1.82 bits per heavy atom. The molecule has 0 aliphatic carbocycles. The molecule has 33 heavy (non-hydrogen) atoms. The molecule has 6 heteroatoms. The van der Waals surface area contributed by atoms with E-state index >= 15 is 0 Å². The van der Waals surface area contributed by atoms with Crippen LogP contribution in [0.1, 0.15) is 60.9 Å². The van der Waals surface area contributed by atoms with Gasteiger partial charge in [-0.2, -0.15) is 0 Å². The maximum Gasteiger partial charge on any atom is 0.338 e. The molecule has 3 aromatic rings. The Morgan fingerprint density at radius 1 is 1.09 bits per heavy atom. The van der Waals surface area contributed by atoms with Gasteiger partial charge in [-0.3, -0.25) is 4.79 Å². The minimum absolute atomic E-state index is 0.270. The molecule has 0 saturated heterocycles. The minimum atomic E-state index is -0.360. The third-order valence-electron chi connectivity index (χ3n) is 5.47. The number of rotatable bonds is 9. The zero-order valence-electron chi connectivity index (χ0n) is 19.9. The molecular formula is C27H31NO5. The number of allylic oxidation sites excluding steroid dienone is 1. The van der Waals surface area contributed by atoms with Crippen LogP contribution >= 0.6 is 0 Å². The van der Waals surface area contributed by atoms with Crippen molar-refractivity contribution in [1.29, 1.82) is 0 Å². The van der Waals surface area contributed by atoms with E-state index in [-0.39, 0.29) is 11.9 Å². The van der Waals surface area contributed by atoms with E-state index in [1.54, 1.807) is 30.3 Å². The van der Waals surface area contributed by atoms with Crippen molar-refractivity contribution >= 4 is 34.1 Å². The number of benzene rings is 2. The fourth-order valence-electron chi connectivity index (χ4n) is 3.49. The third kappa shape index (κ3) is 5.83. The van der Waals surface area contributed by atoms with Crippen LogP contribution < -0.4 is 10.1 Å². The largest absolute Gasteiger partial charge is 0.493 e. The monoisotopic (exact) mass is 449 g/mol. The normalized spacial score (nSPS) is 11.5. The van der Waals surface area contributed by atoms with Crippen molar-refractivity contribution in [3.05, 3.63) is 64.9 Å². The van der Waals surface area contributed by atoms with Gasteiger partial charge in [0.15, 0.2) is 0 Å². The fraction of sp³-hybridized carbons (Fsp3) is 0.333. The van der Waals surface area contributed by atoms with Crippen LogP contribution in [0.2, 0.25) is 0 Å². The van der Waals surface area contributed by atoms with Crippen LogP contribution in [0.5, 0.6) is 5.75 Å². The first-order valence-corrected chi connectivity index (χ1v) is 11.3. The molecule has 3 rings (SSSR count). The van der Waals surface area contributed by atoms with Crippen molar-refractivity contribution < 1.29 is 23.5 Å². The summed E-state index contributed by atoms with van der Waals surface area (Å²) in [5, 5.41) is 3.84. The van der Waals surface area contributed by atoms with Crippen LogP contribution in [0.25, 0.3) is 16.5 Å². The van der Waals surface area contributed by atoms with Gasteiger partial charge in [-0.25, -0.2) is 4.79 Å². The first-order valence-electron chi connectivity index (χ1n) is 11.3. The zero-order chi connectivity index (χ0) is 24.0. The van der Waals surface area contributed by atoms with Gasteiger partial charge in [-0.15, -0.1) is 0 Å². The van der Waals surface area contributed by atoms with Gasteiger partial charge in [-0.1, -0.05) is 13.3 Å². The molecular weight excluding hydrogens is 418 g/mol. The number of carbonyl (C=O) groups excluding carboxylic acids is 2. The second kappa shape index (κ2) is 10.9. The Labute approximate surface area is 194 Å². The predicted octanol–water partition coefficient (Wildman–Crippen LogP) is 6.45. The minimum Gasteiger partial charge on any atom is -0.493 e. The third-order valence-corrected chi connectivity index (χ3v) is 5.47. The van der Waals surface area contributed by atoms with Crippen molar-refractivity contribution in [2.75, 3.05) is 18.5 Å². The average molecular weight is 450 g/mol. The van der Waals surface area contributed by atoms with Crippen molar-refractivity contribution in [3.63, 3.8) is 0 Å². The van der Waals surface area contributed by atoms with Gasteiger partial charge in [0, 0.05) is 28.8 Å². The number of esters is 1. The first kappa shape index (κ1) is 24.1. The summed E-state index contributed by atoms with van der Waals surface area (Å²) in [6, 6.07) is 10.5. The second-order valence-electron chi connectivity index (χ2n) is 7.94. The Balaban J connectivity index is 1.76. The number of nitrogens with one attached hydrogen (secondary N) is 1. The Morgan fingerprint density at radius 3 is 2.48 bits per heavy atom. The molecule has 1 N–H and O–H groups in total. The van der Waals surface area contributed by atoms with Gasteiger partial charge >= 0.3 is 5.97 Å². The first-order chi connectivity index (χ1) is 15.8. The summed E-state index contributed by atoms with van der Waals surface area (Å²) in [6.07, 6.45) is 3.34. The summed E-state index contributed by atoms with van der Waals surface area (Å²) in [6.45, 7) is 10.7. The molecule has 6 nitrogen and oxygen atoms in total. The number of unbranched alkanes of at least 4 members (excludes halogenated alkanes) is 1. The molecule has 0 bridgehead atoms. The molecule has 0 radical (unpaired) electrons. The summed E-state index contributed by atoms with van der Waals surface area (Å²) in [7, 11) is 0. The van der Waals surface area contributed by atoms with Gasteiger partial charge in [0.25, 0.3) is 0 Å². The van der Waals surface area contributed by atoms with E-state index in [4.69, 9.17) is 13.9 Å². The van der Waals surface area contributed by atoms with Crippen molar-refractivity contribution in [1.82, 2.24) is 0 Å². The maximum absolute atomic E-state index is 12.7. The van der Waals surface area contributed by atoms with Crippen molar-refractivity contribution in [2.45, 2.75) is 47.5 Å². The molecule has 174 valence electrons. The number of hydrogen-bond donors (Lipinski definition) is 1. The Kier molecular flexibility index (Phi) is 7.93. The lowest BCUT2D eigenvalue weighted by molar-refractivity contribution is -0.111. The lowest BCUT2D eigenvalue weighted by Gasteiger charge is -2.11. The van der Waals surface area contributed by atoms with Gasteiger partial charge in [0.2, 0.25) is 5.91 Å². The fourth-order valence-corrected chi connectivity index (χ4v) is 3.49. The molecule has 0 aliphatic heterocycles. The highest BCUT2D eigenvalue weighted by Gasteiger charge is 2.15. The van der Waals surface area contributed by atoms with E-state index in [1.807, 2.05) is 46.8 Å². The molecule has 0 spiro atoms. The second-order valence-corrected chi connectivity index (χ2v) is 7.94. The highest BCUT2D eigenvalue weighted by atomic mass is 16.5. The van der Waals surface area contributed by atoms with E-state index in [1.165, 1.54) is 0 Å². The molecule has 2 aromatic carbocycles. The van der Waals surface area contributed by atoms with Crippen LogP contribution in [0.4, 0.5) is 5.69 Å². The summed E-state index contributed by atoms with van der Waals surface area (Å²) in [4.78, 5) is 24.7. The van der Waals surface area contributed by atoms with Gasteiger partial charge < -0.3 is 19.2 Å². The maximum atomic E-state index is 12.7. The average Bonchev–Trinajstić information content (AvgIpc) is 3.06. The van der Waals surface area contributed by atoms with Crippen molar-refractivity contribution in [2.24, 2.45) is 0 Å². The Hall–Kier alpha value is -3.54. The van der Waals surface area contributed by atoms with E-state index in [0.717, 1.165) is 46.3 Å². The number of carbonyl (C=O) groups is 2. The number of anilines is 1. The zero-order valence-corrected chi connectivity index (χ0v) is 19.9. The lowest BCUT2D eigenvalue weighted by atomic mass is 10.0. The summed E-state index contributed by atoms with van der Waals surface area (Å²) in [5.74, 6) is 0.905.